The predicted octanol–water partition coefficient (Wildman–Crippen LogP) is 4.40. The minimum absolute atomic E-state index is 0.109. The average Bonchev–Trinajstić information content (AvgIpc) is 2.49. The summed E-state index contributed by atoms with van der Waals surface area (Å²) in [6.07, 6.45) is 0.724. The molecule has 0 aliphatic rings. The third-order valence-corrected chi connectivity index (χ3v) is 3.64. The highest BCUT2D eigenvalue weighted by atomic mass is 19.1. The molecule has 1 nitrogen and oxygen atoms in total. The molecular formula is C19H24FN. The van der Waals surface area contributed by atoms with Crippen LogP contribution in [0.25, 0.3) is 0 Å². The molecule has 2 aromatic carbocycles. The number of halogens is 1. The maximum atomic E-state index is 13.9. The van der Waals surface area contributed by atoms with E-state index in [1.807, 2.05) is 30.3 Å². The summed E-state index contributed by atoms with van der Waals surface area (Å²) < 4.78 is 13.9. The molecule has 0 amide bonds. The summed E-state index contributed by atoms with van der Waals surface area (Å²) in [5.74, 6) is 0.805. The van der Waals surface area contributed by atoms with Gasteiger partial charge in [0.1, 0.15) is 5.82 Å². The van der Waals surface area contributed by atoms with Crippen molar-refractivity contribution in [3.63, 3.8) is 0 Å². The zero-order chi connectivity index (χ0) is 15.1. The molecule has 0 heterocycles. The fourth-order valence-corrected chi connectivity index (χ4v) is 2.51. The van der Waals surface area contributed by atoms with Crippen LogP contribution in [-0.4, -0.2) is 13.1 Å². The van der Waals surface area contributed by atoms with Gasteiger partial charge in [0.15, 0.2) is 0 Å². The van der Waals surface area contributed by atoms with Crippen molar-refractivity contribution in [2.45, 2.75) is 26.2 Å². The Labute approximate surface area is 127 Å². The van der Waals surface area contributed by atoms with E-state index < -0.39 is 0 Å². The summed E-state index contributed by atoms with van der Waals surface area (Å²) in [6.45, 7) is 6.25. The largest absolute Gasteiger partial charge is 0.316 e. The minimum Gasteiger partial charge on any atom is -0.316 e. The first-order valence-electron chi connectivity index (χ1n) is 7.66. The van der Waals surface area contributed by atoms with Crippen LogP contribution < -0.4 is 5.32 Å². The van der Waals surface area contributed by atoms with Crippen LogP contribution >= 0.6 is 0 Å². The standard InChI is InChI=1S/C19H24FN/c1-15(2)13-21-14-18(16-8-4-3-5-9-16)12-17-10-6-7-11-19(17)20/h3-11,15,18,21H,12-14H2,1-2H3. The number of nitrogens with one attached hydrogen (secondary N) is 1. The van der Waals surface area contributed by atoms with Gasteiger partial charge >= 0.3 is 0 Å². The van der Waals surface area contributed by atoms with Crippen LogP contribution in [0.1, 0.15) is 30.9 Å². The molecule has 0 aliphatic carbocycles. The van der Waals surface area contributed by atoms with Crippen molar-refractivity contribution in [1.29, 1.82) is 0 Å². The highest BCUT2D eigenvalue weighted by Crippen LogP contribution is 2.22. The van der Waals surface area contributed by atoms with Crippen molar-refractivity contribution in [2.24, 2.45) is 5.92 Å². The molecule has 0 aromatic heterocycles. The summed E-state index contributed by atoms with van der Waals surface area (Å²) in [6, 6.07) is 17.4. The molecule has 0 radical (unpaired) electrons. The van der Waals surface area contributed by atoms with E-state index in [4.69, 9.17) is 0 Å². The summed E-state index contributed by atoms with van der Waals surface area (Å²) in [5.41, 5.74) is 2.05. The van der Waals surface area contributed by atoms with E-state index in [1.54, 1.807) is 12.1 Å². The quantitative estimate of drug-likeness (QED) is 0.795. The predicted molar refractivity (Wildman–Crippen MR) is 87.0 cm³/mol. The molecule has 2 heteroatoms. The van der Waals surface area contributed by atoms with Crippen molar-refractivity contribution in [3.05, 3.63) is 71.5 Å². The van der Waals surface area contributed by atoms with Gasteiger partial charge in [-0.3, -0.25) is 0 Å². The molecule has 0 bridgehead atoms. The van der Waals surface area contributed by atoms with E-state index in [1.165, 1.54) is 5.56 Å². The second-order valence-corrected chi connectivity index (χ2v) is 5.96. The average molecular weight is 285 g/mol. The Morgan fingerprint density at radius 3 is 2.24 bits per heavy atom. The Hall–Kier alpha value is -1.67. The highest BCUT2D eigenvalue weighted by Gasteiger charge is 2.14. The summed E-state index contributed by atoms with van der Waals surface area (Å²) >= 11 is 0. The van der Waals surface area contributed by atoms with Crippen molar-refractivity contribution < 1.29 is 4.39 Å². The summed E-state index contributed by atoms with van der Waals surface area (Å²) in [4.78, 5) is 0. The van der Waals surface area contributed by atoms with Crippen LogP contribution in [0.3, 0.4) is 0 Å². The maximum Gasteiger partial charge on any atom is 0.126 e. The van der Waals surface area contributed by atoms with Gasteiger partial charge in [-0.05, 0) is 36.1 Å². The van der Waals surface area contributed by atoms with Crippen LogP contribution in [-0.2, 0) is 6.42 Å². The molecule has 1 unspecified atom stereocenters. The topological polar surface area (TPSA) is 12.0 Å². The van der Waals surface area contributed by atoms with Crippen molar-refractivity contribution in [1.82, 2.24) is 5.32 Å². The van der Waals surface area contributed by atoms with E-state index >= 15 is 0 Å². The molecule has 0 saturated carbocycles. The van der Waals surface area contributed by atoms with E-state index in [-0.39, 0.29) is 5.82 Å². The van der Waals surface area contributed by atoms with Crippen molar-refractivity contribution in [2.75, 3.05) is 13.1 Å². The van der Waals surface area contributed by atoms with Gasteiger partial charge in [0.05, 0.1) is 0 Å². The lowest BCUT2D eigenvalue weighted by Gasteiger charge is -2.19. The lowest BCUT2D eigenvalue weighted by Crippen LogP contribution is -2.26. The van der Waals surface area contributed by atoms with Gasteiger partial charge in [-0.25, -0.2) is 4.39 Å². The van der Waals surface area contributed by atoms with Gasteiger partial charge in [0, 0.05) is 12.5 Å². The van der Waals surface area contributed by atoms with Gasteiger partial charge in [0.2, 0.25) is 0 Å². The molecule has 1 atom stereocenters. The van der Waals surface area contributed by atoms with Crippen molar-refractivity contribution >= 4 is 0 Å². The summed E-state index contributed by atoms with van der Waals surface area (Å²) in [5, 5.41) is 3.50. The summed E-state index contributed by atoms with van der Waals surface area (Å²) in [7, 11) is 0. The van der Waals surface area contributed by atoms with Crippen LogP contribution in [0, 0.1) is 11.7 Å². The molecule has 0 fully saturated rings. The lowest BCUT2D eigenvalue weighted by atomic mass is 9.91. The molecular weight excluding hydrogens is 261 g/mol. The molecule has 0 saturated heterocycles. The molecule has 2 rings (SSSR count). The molecule has 1 N–H and O–H groups in total. The smallest absolute Gasteiger partial charge is 0.126 e. The zero-order valence-electron chi connectivity index (χ0n) is 12.9. The first-order chi connectivity index (χ1) is 10.2. The molecule has 21 heavy (non-hydrogen) atoms. The van der Waals surface area contributed by atoms with Crippen LogP contribution in [0.4, 0.5) is 4.39 Å². The normalized spacial score (nSPS) is 12.6. The molecule has 112 valence electrons. The number of hydrogen-bond donors (Lipinski definition) is 1. The SMILES string of the molecule is CC(C)CNCC(Cc1ccccc1F)c1ccccc1. The highest BCUT2D eigenvalue weighted by molar-refractivity contribution is 5.25. The molecule has 0 spiro atoms. The Kier molecular flexibility index (Phi) is 5.94. The first kappa shape index (κ1) is 15.7. The second kappa shape index (κ2) is 7.94. The van der Waals surface area contributed by atoms with Gasteiger partial charge in [-0.15, -0.1) is 0 Å². The van der Waals surface area contributed by atoms with Crippen molar-refractivity contribution in [3.8, 4) is 0 Å². The fraction of sp³-hybridized carbons (Fsp3) is 0.368. The fourth-order valence-electron chi connectivity index (χ4n) is 2.51. The van der Waals surface area contributed by atoms with Crippen LogP contribution in [0.2, 0.25) is 0 Å². The van der Waals surface area contributed by atoms with E-state index in [9.17, 15) is 4.39 Å². The Balaban J connectivity index is 2.10. The molecule has 0 aliphatic heterocycles. The number of benzene rings is 2. The first-order valence-corrected chi connectivity index (χ1v) is 7.66. The van der Waals surface area contributed by atoms with Gasteiger partial charge in [0.25, 0.3) is 0 Å². The van der Waals surface area contributed by atoms with E-state index in [0.29, 0.717) is 11.8 Å². The van der Waals surface area contributed by atoms with Crippen LogP contribution in [0.15, 0.2) is 54.6 Å². The number of hydrogen-bond acceptors (Lipinski definition) is 1. The third kappa shape index (κ3) is 4.98. The Morgan fingerprint density at radius 2 is 1.57 bits per heavy atom. The Bertz CT molecular complexity index is 536. The Morgan fingerprint density at radius 1 is 0.905 bits per heavy atom. The van der Waals surface area contributed by atoms with Gasteiger partial charge in [-0.1, -0.05) is 62.4 Å². The zero-order valence-corrected chi connectivity index (χ0v) is 12.9. The molecule has 2 aromatic rings. The van der Waals surface area contributed by atoms with E-state index in [2.05, 4.69) is 31.3 Å². The van der Waals surface area contributed by atoms with Crippen LogP contribution in [0.5, 0.6) is 0 Å². The van der Waals surface area contributed by atoms with Gasteiger partial charge in [-0.2, -0.15) is 0 Å². The third-order valence-electron chi connectivity index (χ3n) is 3.64. The van der Waals surface area contributed by atoms with E-state index in [0.717, 1.165) is 25.1 Å². The minimum atomic E-state index is -0.109. The lowest BCUT2D eigenvalue weighted by molar-refractivity contribution is 0.507. The monoisotopic (exact) mass is 285 g/mol. The van der Waals surface area contributed by atoms with Gasteiger partial charge < -0.3 is 5.32 Å². The number of rotatable bonds is 7. The second-order valence-electron chi connectivity index (χ2n) is 5.96. The maximum absolute atomic E-state index is 13.9.